The van der Waals surface area contributed by atoms with E-state index in [0.29, 0.717) is 35.6 Å². The third-order valence-corrected chi connectivity index (χ3v) is 6.11. The van der Waals surface area contributed by atoms with Gasteiger partial charge in [-0.3, -0.25) is 9.59 Å². The van der Waals surface area contributed by atoms with Crippen LogP contribution >= 0.6 is 11.8 Å². The number of rotatable bonds is 13. The summed E-state index contributed by atoms with van der Waals surface area (Å²) >= 11 is 1.26. The van der Waals surface area contributed by atoms with Crippen LogP contribution in [0.1, 0.15) is 31.3 Å². The Morgan fingerprint density at radius 2 is 1.89 bits per heavy atom. The number of amides is 2. The summed E-state index contributed by atoms with van der Waals surface area (Å²) in [4.78, 5) is 25.2. The number of hydrogen-bond acceptors (Lipinski definition) is 7. The van der Waals surface area contributed by atoms with Crippen molar-refractivity contribution in [2.24, 2.45) is 0 Å². The van der Waals surface area contributed by atoms with Gasteiger partial charge in [0.25, 0.3) is 0 Å². The predicted molar refractivity (Wildman–Crippen MR) is 140 cm³/mol. The molecule has 0 unspecified atom stereocenters. The molecule has 0 spiro atoms. The molecule has 10 heteroatoms. The molecular formula is C26H31N5O4S. The van der Waals surface area contributed by atoms with E-state index < -0.39 is 0 Å². The predicted octanol–water partition coefficient (Wildman–Crippen LogP) is 4.02. The van der Waals surface area contributed by atoms with E-state index in [1.165, 1.54) is 11.8 Å². The molecule has 2 N–H and O–H groups in total. The lowest BCUT2D eigenvalue weighted by Gasteiger charge is -2.15. The van der Waals surface area contributed by atoms with Crippen molar-refractivity contribution in [3.8, 4) is 11.5 Å². The molecular weight excluding hydrogens is 478 g/mol. The highest BCUT2D eigenvalue weighted by Gasteiger charge is 2.20. The summed E-state index contributed by atoms with van der Waals surface area (Å²) in [5, 5.41) is 14.9. The SMILES string of the molecule is C=CCn1c(SCC(=O)Nc2ccccc2OCC)nnc1[C@@H](C)NC(=O)Cc1ccc(OC)cc1. The van der Waals surface area contributed by atoms with Crippen LogP contribution in [0.4, 0.5) is 5.69 Å². The molecule has 36 heavy (non-hydrogen) atoms. The second-order valence-corrected chi connectivity index (χ2v) is 8.76. The Labute approximate surface area is 215 Å². The van der Waals surface area contributed by atoms with Gasteiger partial charge in [-0.15, -0.1) is 16.8 Å². The van der Waals surface area contributed by atoms with Gasteiger partial charge in [0.05, 0.1) is 37.6 Å². The van der Waals surface area contributed by atoms with E-state index in [2.05, 4.69) is 27.4 Å². The van der Waals surface area contributed by atoms with Crippen LogP contribution in [-0.4, -0.2) is 46.0 Å². The summed E-state index contributed by atoms with van der Waals surface area (Å²) in [6.07, 6.45) is 1.95. The van der Waals surface area contributed by atoms with Gasteiger partial charge in [0.2, 0.25) is 11.8 Å². The van der Waals surface area contributed by atoms with Crippen LogP contribution in [0, 0.1) is 0 Å². The topological polar surface area (TPSA) is 107 Å². The van der Waals surface area contributed by atoms with Crippen LogP contribution in [0.5, 0.6) is 11.5 Å². The summed E-state index contributed by atoms with van der Waals surface area (Å²) < 4.78 is 12.6. The molecule has 190 valence electrons. The first-order chi connectivity index (χ1) is 17.4. The molecule has 9 nitrogen and oxygen atoms in total. The Bertz CT molecular complexity index is 1180. The monoisotopic (exact) mass is 509 g/mol. The van der Waals surface area contributed by atoms with Gasteiger partial charge in [0.15, 0.2) is 11.0 Å². The Morgan fingerprint density at radius 3 is 2.58 bits per heavy atom. The van der Waals surface area contributed by atoms with Gasteiger partial charge in [-0.1, -0.05) is 42.1 Å². The lowest BCUT2D eigenvalue weighted by Crippen LogP contribution is -2.30. The molecule has 0 bridgehead atoms. The lowest BCUT2D eigenvalue weighted by atomic mass is 10.1. The van der Waals surface area contributed by atoms with Crippen molar-refractivity contribution in [3.63, 3.8) is 0 Å². The number of nitrogens with zero attached hydrogens (tertiary/aromatic N) is 3. The standard InChI is InChI=1S/C26H31N5O4S/c1-5-15-31-25(18(3)27-23(32)16-19-11-13-20(34-4)14-12-19)29-30-26(31)36-17-24(33)28-21-9-7-8-10-22(21)35-6-2/h5,7-14,18H,1,6,15-17H2,2-4H3,(H,27,32)(H,28,33)/t18-/m1/s1. The number of para-hydroxylation sites is 2. The summed E-state index contributed by atoms with van der Waals surface area (Å²) in [6.45, 7) is 8.49. The Balaban J connectivity index is 1.61. The largest absolute Gasteiger partial charge is 0.497 e. The minimum atomic E-state index is -0.385. The van der Waals surface area contributed by atoms with Crippen LogP contribution in [0.2, 0.25) is 0 Å². The number of anilines is 1. The normalized spacial score (nSPS) is 11.4. The quantitative estimate of drug-likeness (QED) is 0.265. The maximum Gasteiger partial charge on any atom is 0.234 e. The molecule has 1 atom stereocenters. The van der Waals surface area contributed by atoms with E-state index in [-0.39, 0.29) is 30.0 Å². The number of carbonyl (C=O) groups is 2. The molecule has 3 rings (SSSR count). The van der Waals surface area contributed by atoms with Crippen LogP contribution in [0.15, 0.2) is 66.3 Å². The van der Waals surface area contributed by atoms with Crippen LogP contribution < -0.4 is 20.1 Å². The number of thioether (sulfide) groups is 1. The van der Waals surface area contributed by atoms with E-state index in [9.17, 15) is 9.59 Å². The third kappa shape index (κ3) is 7.35. The van der Waals surface area contributed by atoms with E-state index in [1.807, 2.05) is 60.9 Å². The number of nitrogens with one attached hydrogen (secondary N) is 2. The number of benzene rings is 2. The van der Waals surface area contributed by atoms with Crippen molar-refractivity contribution >= 4 is 29.3 Å². The molecule has 3 aromatic rings. The Morgan fingerprint density at radius 1 is 1.14 bits per heavy atom. The highest BCUT2D eigenvalue weighted by Crippen LogP contribution is 2.25. The van der Waals surface area contributed by atoms with Gasteiger partial charge in [-0.2, -0.15) is 0 Å². The number of ether oxygens (including phenoxy) is 2. The highest BCUT2D eigenvalue weighted by atomic mass is 32.2. The average Bonchev–Trinajstić information content (AvgIpc) is 3.27. The zero-order valence-corrected chi connectivity index (χ0v) is 21.5. The van der Waals surface area contributed by atoms with Crippen molar-refractivity contribution in [3.05, 3.63) is 72.6 Å². The Hall–Kier alpha value is -3.79. The molecule has 0 radical (unpaired) electrons. The minimum Gasteiger partial charge on any atom is -0.497 e. The molecule has 0 aliphatic rings. The van der Waals surface area contributed by atoms with Crippen molar-refractivity contribution in [2.45, 2.75) is 38.0 Å². The van der Waals surface area contributed by atoms with Crippen molar-refractivity contribution < 1.29 is 19.1 Å². The fraction of sp³-hybridized carbons (Fsp3) is 0.308. The molecule has 0 fully saturated rings. The van der Waals surface area contributed by atoms with Crippen molar-refractivity contribution in [1.29, 1.82) is 0 Å². The van der Waals surface area contributed by atoms with Gasteiger partial charge >= 0.3 is 0 Å². The smallest absolute Gasteiger partial charge is 0.234 e. The lowest BCUT2D eigenvalue weighted by molar-refractivity contribution is -0.121. The zero-order chi connectivity index (χ0) is 25.9. The van der Waals surface area contributed by atoms with E-state index in [4.69, 9.17) is 9.47 Å². The molecule has 0 aliphatic carbocycles. The second-order valence-electron chi connectivity index (χ2n) is 7.82. The molecule has 1 aromatic heterocycles. The molecule has 0 saturated heterocycles. The minimum absolute atomic E-state index is 0.133. The van der Waals surface area contributed by atoms with Crippen molar-refractivity contribution in [2.75, 3.05) is 24.8 Å². The number of hydrogen-bond donors (Lipinski definition) is 2. The van der Waals surface area contributed by atoms with E-state index in [1.54, 1.807) is 19.3 Å². The summed E-state index contributed by atoms with van der Waals surface area (Å²) in [7, 11) is 1.60. The third-order valence-electron chi connectivity index (χ3n) is 5.14. The van der Waals surface area contributed by atoms with Gasteiger partial charge in [-0.05, 0) is 43.7 Å². The van der Waals surface area contributed by atoms with Crippen molar-refractivity contribution in [1.82, 2.24) is 20.1 Å². The van der Waals surface area contributed by atoms with Gasteiger partial charge in [0.1, 0.15) is 11.5 Å². The maximum absolute atomic E-state index is 12.6. The van der Waals surface area contributed by atoms with Crippen LogP contribution in [0.25, 0.3) is 0 Å². The zero-order valence-electron chi connectivity index (χ0n) is 20.7. The number of methoxy groups -OCH3 is 1. The van der Waals surface area contributed by atoms with E-state index >= 15 is 0 Å². The molecule has 2 amide bonds. The molecule has 0 aliphatic heterocycles. The molecule has 0 saturated carbocycles. The number of aromatic nitrogens is 3. The first kappa shape index (κ1) is 26.8. The summed E-state index contributed by atoms with van der Waals surface area (Å²) in [5.74, 6) is 1.75. The van der Waals surface area contributed by atoms with Crippen LogP contribution in [-0.2, 0) is 22.6 Å². The molecule has 2 aromatic carbocycles. The highest BCUT2D eigenvalue weighted by molar-refractivity contribution is 7.99. The van der Waals surface area contributed by atoms with E-state index in [0.717, 1.165) is 11.3 Å². The van der Waals surface area contributed by atoms with Gasteiger partial charge < -0.3 is 24.7 Å². The Kier molecular flexibility index (Phi) is 9.93. The number of carbonyl (C=O) groups excluding carboxylic acids is 2. The summed E-state index contributed by atoms with van der Waals surface area (Å²) in [5.41, 5.74) is 1.49. The van der Waals surface area contributed by atoms with Gasteiger partial charge in [-0.25, -0.2) is 0 Å². The maximum atomic E-state index is 12.6. The fourth-order valence-corrected chi connectivity index (χ4v) is 4.24. The first-order valence-electron chi connectivity index (χ1n) is 11.6. The average molecular weight is 510 g/mol. The number of allylic oxidation sites excluding steroid dienone is 1. The first-order valence-corrected chi connectivity index (χ1v) is 12.5. The van der Waals surface area contributed by atoms with Crippen LogP contribution in [0.3, 0.4) is 0 Å². The van der Waals surface area contributed by atoms with Gasteiger partial charge in [0, 0.05) is 6.54 Å². The second kappa shape index (κ2) is 13.3. The molecule has 1 heterocycles. The fourth-order valence-electron chi connectivity index (χ4n) is 3.48. The summed E-state index contributed by atoms with van der Waals surface area (Å²) in [6, 6.07) is 14.3.